The number of benzene rings is 2. The fourth-order valence-corrected chi connectivity index (χ4v) is 3.01. The second kappa shape index (κ2) is 8.35. The van der Waals surface area contributed by atoms with Crippen LogP contribution in [0.1, 0.15) is 16.1 Å². The van der Waals surface area contributed by atoms with Gasteiger partial charge in [-0.3, -0.25) is 9.78 Å². The maximum absolute atomic E-state index is 12.6. The molecule has 0 bridgehead atoms. The van der Waals surface area contributed by atoms with E-state index < -0.39 is 0 Å². The first-order chi connectivity index (χ1) is 14.2. The van der Waals surface area contributed by atoms with Gasteiger partial charge < -0.3 is 15.4 Å². The Hall–Kier alpha value is -4.00. The molecule has 0 aliphatic carbocycles. The molecule has 4 rings (SSSR count). The van der Waals surface area contributed by atoms with Crippen LogP contribution in [0.25, 0.3) is 10.9 Å². The largest absolute Gasteiger partial charge is 0.496 e. The molecule has 0 fully saturated rings. The van der Waals surface area contributed by atoms with Gasteiger partial charge in [0.25, 0.3) is 5.91 Å². The van der Waals surface area contributed by atoms with Gasteiger partial charge in [0.2, 0.25) is 0 Å². The minimum atomic E-state index is -0.294. The quantitative estimate of drug-likeness (QED) is 0.526. The first-order valence-corrected chi connectivity index (χ1v) is 9.07. The number of carbonyl (C=O) groups is 1. The normalized spacial score (nSPS) is 10.5. The number of hydrogen-bond donors (Lipinski definition) is 2. The average molecular weight is 385 g/mol. The van der Waals surface area contributed by atoms with Gasteiger partial charge in [-0.2, -0.15) is 0 Å². The van der Waals surface area contributed by atoms with Crippen molar-refractivity contribution in [2.45, 2.75) is 6.54 Å². The summed E-state index contributed by atoms with van der Waals surface area (Å²) in [6.45, 7) is 0.336. The van der Waals surface area contributed by atoms with Crippen LogP contribution in [0.2, 0.25) is 0 Å². The van der Waals surface area contributed by atoms with Gasteiger partial charge in [0.15, 0.2) is 0 Å². The molecule has 2 heterocycles. The van der Waals surface area contributed by atoms with Crippen molar-refractivity contribution in [2.24, 2.45) is 0 Å². The number of rotatable bonds is 6. The van der Waals surface area contributed by atoms with Crippen molar-refractivity contribution in [3.63, 3.8) is 0 Å². The van der Waals surface area contributed by atoms with Crippen molar-refractivity contribution in [1.82, 2.24) is 20.3 Å². The van der Waals surface area contributed by atoms with Crippen LogP contribution in [0.5, 0.6) is 5.75 Å². The van der Waals surface area contributed by atoms with E-state index in [0.29, 0.717) is 12.4 Å². The molecule has 0 atom stereocenters. The van der Waals surface area contributed by atoms with Crippen LogP contribution >= 0.6 is 0 Å². The van der Waals surface area contributed by atoms with E-state index in [1.165, 1.54) is 6.33 Å². The number of aromatic nitrogens is 3. The zero-order valence-electron chi connectivity index (χ0n) is 15.8. The van der Waals surface area contributed by atoms with Crippen LogP contribution in [-0.4, -0.2) is 28.0 Å². The Morgan fingerprint density at radius 1 is 1.00 bits per heavy atom. The second-order valence-electron chi connectivity index (χ2n) is 6.29. The number of methoxy groups -OCH3 is 1. The maximum Gasteiger partial charge on any atom is 0.270 e. The Labute approximate surface area is 167 Å². The van der Waals surface area contributed by atoms with Gasteiger partial charge in [0.1, 0.15) is 23.6 Å². The predicted molar refractivity (Wildman–Crippen MR) is 111 cm³/mol. The van der Waals surface area contributed by atoms with Crippen molar-refractivity contribution in [1.29, 1.82) is 0 Å². The van der Waals surface area contributed by atoms with Crippen LogP contribution in [0.15, 0.2) is 73.2 Å². The third-order valence-electron chi connectivity index (χ3n) is 4.43. The Bertz CT molecular complexity index is 1160. The predicted octanol–water partition coefficient (Wildman–Crippen LogP) is 3.71. The molecule has 4 aromatic rings. The maximum atomic E-state index is 12.6. The summed E-state index contributed by atoms with van der Waals surface area (Å²) in [6.07, 6.45) is 3.10. The zero-order valence-corrected chi connectivity index (χ0v) is 15.8. The molecule has 1 amide bonds. The number of anilines is 2. The Morgan fingerprint density at radius 2 is 1.86 bits per heavy atom. The highest BCUT2D eigenvalue weighted by Crippen LogP contribution is 2.23. The van der Waals surface area contributed by atoms with Gasteiger partial charge in [-0.25, -0.2) is 9.97 Å². The monoisotopic (exact) mass is 385 g/mol. The third-order valence-corrected chi connectivity index (χ3v) is 4.43. The topological polar surface area (TPSA) is 89.0 Å². The molecule has 144 valence electrons. The minimum absolute atomic E-state index is 0.269. The number of para-hydroxylation sites is 2. The van der Waals surface area contributed by atoms with Crippen LogP contribution in [0.4, 0.5) is 11.5 Å². The number of nitrogens with zero attached hydrogens (tertiary/aromatic N) is 3. The van der Waals surface area contributed by atoms with Gasteiger partial charge in [-0.1, -0.05) is 36.4 Å². The standard InChI is InChI=1S/C22H19N5O2/c1-29-19-10-3-2-6-16(19)13-24-22(28)18-12-20(26-14-25-18)27-17-9-4-7-15-8-5-11-23-21(15)17/h2-12,14H,13H2,1H3,(H,24,28)(H,25,26,27). The summed E-state index contributed by atoms with van der Waals surface area (Å²) in [5, 5.41) is 7.10. The molecule has 0 saturated heterocycles. The number of ether oxygens (including phenoxy) is 1. The molecule has 7 nitrogen and oxygen atoms in total. The van der Waals surface area contributed by atoms with Crippen LogP contribution in [0, 0.1) is 0 Å². The highest BCUT2D eigenvalue weighted by molar-refractivity contribution is 5.94. The number of nitrogens with one attached hydrogen (secondary N) is 2. The number of pyridine rings is 1. The van der Waals surface area contributed by atoms with E-state index in [4.69, 9.17) is 4.74 Å². The van der Waals surface area contributed by atoms with Gasteiger partial charge >= 0.3 is 0 Å². The van der Waals surface area contributed by atoms with Gasteiger partial charge in [-0.05, 0) is 18.2 Å². The van der Waals surface area contributed by atoms with E-state index in [1.54, 1.807) is 19.4 Å². The van der Waals surface area contributed by atoms with E-state index in [2.05, 4.69) is 25.6 Å². The summed E-state index contributed by atoms with van der Waals surface area (Å²) >= 11 is 0. The Balaban J connectivity index is 1.50. The van der Waals surface area contributed by atoms with E-state index in [-0.39, 0.29) is 11.6 Å². The lowest BCUT2D eigenvalue weighted by Crippen LogP contribution is -2.24. The average Bonchev–Trinajstić information content (AvgIpc) is 2.78. The van der Waals surface area contributed by atoms with Crippen molar-refractivity contribution >= 4 is 28.3 Å². The molecule has 7 heteroatoms. The van der Waals surface area contributed by atoms with E-state index >= 15 is 0 Å². The molecule has 2 aromatic heterocycles. The second-order valence-corrected chi connectivity index (χ2v) is 6.29. The molecular weight excluding hydrogens is 366 g/mol. The fraction of sp³-hybridized carbons (Fsp3) is 0.0909. The lowest BCUT2D eigenvalue weighted by atomic mass is 10.2. The number of carbonyl (C=O) groups excluding carboxylic acids is 1. The molecule has 29 heavy (non-hydrogen) atoms. The highest BCUT2D eigenvalue weighted by Gasteiger charge is 2.11. The number of fused-ring (bicyclic) bond motifs is 1. The summed E-state index contributed by atoms with van der Waals surface area (Å²) in [7, 11) is 1.60. The summed E-state index contributed by atoms with van der Waals surface area (Å²) in [4.78, 5) is 25.3. The molecule has 0 aliphatic heterocycles. The SMILES string of the molecule is COc1ccccc1CNC(=O)c1cc(Nc2cccc3cccnc23)ncn1. The van der Waals surface area contributed by atoms with Crippen LogP contribution < -0.4 is 15.4 Å². The molecule has 0 saturated carbocycles. The van der Waals surface area contributed by atoms with E-state index in [9.17, 15) is 4.79 Å². The van der Waals surface area contributed by atoms with Crippen LogP contribution in [0.3, 0.4) is 0 Å². The summed E-state index contributed by atoms with van der Waals surface area (Å²) < 4.78 is 5.31. The first kappa shape index (κ1) is 18.4. The molecule has 2 N–H and O–H groups in total. The zero-order chi connectivity index (χ0) is 20.1. The van der Waals surface area contributed by atoms with Crippen molar-refractivity contribution < 1.29 is 9.53 Å². The summed E-state index contributed by atoms with van der Waals surface area (Å²) in [5.74, 6) is 0.944. The van der Waals surface area contributed by atoms with E-state index in [0.717, 1.165) is 27.9 Å². The molecule has 0 radical (unpaired) electrons. The molecule has 0 aliphatic rings. The number of hydrogen-bond acceptors (Lipinski definition) is 6. The van der Waals surface area contributed by atoms with Crippen molar-refractivity contribution in [2.75, 3.05) is 12.4 Å². The fourth-order valence-electron chi connectivity index (χ4n) is 3.01. The van der Waals surface area contributed by atoms with Gasteiger partial charge in [0, 0.05) is 29.8 Å². The van der Waals surface area contributed by atoms with Gasteiger partial charge in [0.05, 0.1) is 18.3 Å². The molecule has 0 unspecified atom stereocenters. The van der Waals surface area contributed by atoms with E-state index in [1.807, 2.05) is 54.6 Å². The smallest absolute Gasteiger partial charge is 0.270 e. The minimum Gasteiger partial charge on any atom is -0.496 e. The van der Waals surface area contributed by atoms with Crippen molar-refractivity contribution in [3.05, 3.63) is 84.4 Å². The Kier molecular flexibility index (Phi) is 5.29. The lowest BCUT2D eigenvalue weighted by molar-refractivity contribution is 0.0945. The van der Waals surface area contributed by atoms with Crippen molar-refractivity contribution in [3.8, 4) is 5.75 Å². The summed E-state index contributed by atoms with van der Waals surface area (Å²) in [5.41, 5.74) is 2.79. The molecule has 0 spiro atoms. The summed E-state index contributed by atoms with van der Waals surface area (Å²) in [6, 6.07) is 18.9. The first-order valence-electron chi connectivity index (χ1n) is 9.07. The van der Waals surface area contributed by atoms with Crippen LogP contribution in [-0.2, 0) is 6.54 Å². The number of amides is 1. The molecular formula is C22H19N5O2. The third kappa shape index (κ3) is 4.14. The Morgan fingerprint density at radius 3 is 2.76 bits per heavy atom. The highest BCUT2D eigenvalue weighted by atomic mass is 16.5. The van der Waals surface area contributed by atoms with Gasteiger partial charge in [-0.15, -0.1) is 0 Å². The lowest BCUT2D eigenvalue weighted by Gasteiger charge is -2.11. The molecule has 2 aromatic carbocycles.